The van der Waals surface area contributed by atoms with E-state index in [4.69, 9.17) is 10.5 Å². The fourth-order valence-corrected chi connectivity index (χ4v) is 2.83. The third kappa shape index (κ3) is 3.33. The maximum absolute atomic E-state index is 12.4. The van der Waals surface area contributed by atoms with Crippen LogP contribution in [0.4, 0.5) is 11.4 Å². The molecule has 3 N–H and O–H groups in total. The molecule has 1 heterocycles. The first-order chi connectivity index (χ1) is 9.82. The van der Waals surface area contributed by atoms with E-state index in [1.807, 2.05) is 20.8 Å². The Morgan fingerprint density at radius 3 is 2.67 bits per heavy atom. The monoisotopic (exact) mass is 305 g/mol. The van der Waals surface area contributed by atoms with Crippen molar-refractivity contribution in [2.24, 2.45) is 0 Å². The first kappa shape index (κ1) is 15.3. The molecule has 0 bridgehead atoms. The van der Waals surface area contributed by atoms with Gasteiger partial charge in [0.1, 0.15) is 10.6 Å². The van der Waals surface area contributed by atoms with E-state index >= 15 is 0 Å². The summed E-state index contributed by atoms with van der Waals surface area (Å²) in [5.41, 5.74) is 9.27. The van der Waals surface area contributed by atoms with Crippen LogP contribution in [0.25, 0.3) is 0 Å². The van der Waals surface area contributed by atoms with Crippen molar-refractivity contribution >= 4 is 28.6 Å². The number of methoxy groups -OCH3 is 1. The van der Waals surface area contributed by atoms with Crippen LogP contribution in [0, 0.1) is 0 Å². The largest absolute Gasteiger partial charge is 0.495 e. The van der Waals surface area contributed by atoms with Gasteiger partial charge in [0, 0.05) is 11.1 Å². The van der Waals surface area contributed by atoms with Crippen LogP contribution in [0.5, 0.6) is 5.75 Å². The van der Waals surface area contributed by atoms with Gasteiger partial charge < -0.3 is 15.8 Å². The van der Waals surface area contributed by atoms with E-state index in [0.717, 1.165) is 5.69 Å². The zero-order valence-electron chi connectivity index (χ0n) is 12.6. The number of nitrogens with two attached hydrogens (primary N) is 1. The maximum atomic E-state index is 12.4. The van der Waals surface area contributed by atoms with Gasteiger partial charge in [0.2, 0.25) is 0 Å². The predicted molar refractivity (Wildman–Crippen MR) is 86.2 cm³/mol. The molecule has 0 radical (unpaired) electrons. The molecule has 0 spiro atoms. The number of ether oxygens (including phenoxy) is 1. The summed E-state index contributed by atoms with van der Waals surface area (Å²) >= 11 is 1.34. The molecule has 6 heteroatoms. The third-order valence-electron chi connectivity index (χ3n) is 2.97. The second-order valence-electron chi connectivity index (χ2n) is 5.69. The number of nitrogens with zero attached hydrogens (tertiary/aromatic N) is 1. The lowest BCUT2D eigenvalue weighted by molar-refractivity contribution is 0.102. The van der Waals surface area contributed by atoms with Crippen LogP contribution in [0.2, 0.25) is 0 Å². The molecule has 1 amide bonds. The number of nitrogens with one attached hydrogen (secondary N) is 1. The Hall–Kier alpha value is -2.08. The van der Waals surface area contributed by atoms with E-state index in [9.17, 15) is 4.79 Å². The molecule has 0 saturated carbocycles. The molecule has 0 aliphatic rings. The Kier molecular flexibility index (Phi) is 4.18. The highest BCUT2D eigenvalue weighted by Crippen LogP contribution is 2.29. The zero-order valence-corrected chi connectivity index (χ0v) is 13.4. The number of thiazole rings is 1. The molecule has 0 fully saturated rings. The van der Waals surface area contributed by atoms with Crippen molar-refractivity contribution in [3.05, 3.63) is 34.3 Å². The number of rotatable bonds is 3. The number of carbonyl (C=O) groups excluding carboxylic acids is 1. The summed E-state index contributed by atoms with van der Waals surface area (Å²) in [4.78, 5) is 17.3. The molecule has 1 aromatic carbocycles. The minimum absolute atomic E-state index is 0.174. The Morgan fingerprint density at radius 1 is 1.38 bits per heavy atom. The molecule has 21 heavy (non-hydrogen) atoms. The molecule has 0 saturated heterocycles. The van der Waals surface area contributed by atoms with Crippen LogP contribution in [0.3, 0.4) is 0 Å². The van der Waals surface area contributed by atoms with Crippen LogP contribution in [-0.2, 0) is 5.41 Å². The lowest BCUT2D eigenvalue weighted by Gasteiger charge is -2.17. The molecule has 5 nitrogen and oxygen atoms in total. The maximum Gasteiger partial charge on any atom is 0.267 e. The molecule has 112 valence electrons. The number of hydrogen-bond acceptors (Lipinski definition) is 5. The van der Waals surface area contributed by atoms with Gasteiger partial charge >= 0.3 is 0 Å². The van der Waals surface area contributed by atoms with Crippen molar-refractivity contribution in [2.75, 3.05) is 18.2 Å². The van der Waals surface area contributed by atoms with Crippen molar-refractivity contribution < 1.29 is 9.53 Å². The Labute approximate surface area is 128 Å². The number of hydrogen-bond donors (Lipinski definition) is 2. The van der Waals surface area contributed by atoms with Crippen LogP contribution in [-0.4, -0.2) is 18.0 Å². The molecule has 0 aliphatic carbocycles. The van der Waals surface area contributed by atoms with Gasteiger partial charge in [0.05, 0.1) is 24.0 Å². The summed E-state index contributed by atoms with van der Waals surface area (Å²) in [6.07, 6.45) is 0. The fourth-order valence-electron chi connectivity index (χ4n) is 1.94. The lowest BCUT2D eigenvalue weighted by Crippen LogP contribution is -2.19. The minimum Gasteiger partial charge on any atom is -0.495 e. The van der Waals surface area contributed by atoms with E-state index in [1.165, 1.54) is 11.3 Å². The van der Waals surface area contributed by atoms with Gasteiger partial charge in [-0.05, 0) is 18.2 Å². The van der Waals surface area contributed by atoms with E-state index in [1.54, 1.807) is 30.8 Å². The van der Waals surface area contributed by atoms with E-state index in [2.05, 4.69) is 10.3 Å². The van der Waals surface area contributed by atoms with E-state index in [0.29, 0.717) is 22.0 Å². The van der Waals surface area contributed by atoms with E-state index < -0.39 is 0 Å². The zero-order chi connectivity index (χ0) is 15.6. The van der Waals surface area contributed by atoms with Crippen molar-refractivity contribution in [3.8, 4) is 5.75 Å². The molecule has 0 aliphatic heterocycles. The van der Waals surface area contributed by atoms with Crippen molar-refractivity contribution in [2.45, 2.75) is 26.2 Å². The lowest BCUT2D eigenvalue weighted by atomic mass is 9.91. The van der Waals surface area contributed by atoms with Gasteiger partial charge in [-0.15, -0.1) is 11.3 Å². The van der Waals surface area contributed by atoms with Gasteiger partial charge in [-0.3, -0.25) is 4.79 Å². The van der Waals surface area contributed by atoms with Crippen LogP contribution >= 0.6 is 11.3 Å². The van der Waals surface area contributed by atoms with Gasteiger partial charge in [-0.25, -0.2) is 4.98 Å². The molecule has 2 rings (SSSR count). The number of carbonyl (C=O) groups is 1. The van der Waals surface area contributed by atoms with Gasteiger partial charge in [-0.1, -0.05) is 20.8 Å². The summed E-state index contributed by atoms with van der Waals surface area (Å²) in [6.45, 7) is 6.10. The number of nitrogen functional groups attached to an aromatic ring is 1. The predicted octanol–water partition coefficient (Wildman–Crippen LogP) is 3.28. The fraction of sp³-hybridized carbons (Fsp3) is 0.333. The second-order valence-corrected chi connectivity index (χ2v) is 6.55. The summed E-state index contributed by atoms with van der Waals surface area (Å²) in [7, 11) is 1.55. The standard InChI is InChI=1S/C15H19N3O2S/c1-15(2,3)13-12(21-8-17-13)14(19)18-9-5-6-11(20-4)10(16)7-9/h5-8H,16H2,1-4H3,(H,18,19). The minimum atomic E-state index is -0.175. The summed E-state index contributed by atoms with van der Waals surface area (Å²) < 4.78 is 5.10. The first-order valence-corrected chi connectivity index (χ1v) is 7.39. The number of aromatic nitrogens is 1. The first-order valence-electron chi connectivity index (χ1n) is 6.51. The summed E-state index contributed by atoms with van der Waals surface area (Å²) in [6, 6.07) is 5.15. The number of anilines is 2. The molecule has 1 aromatic heterocycles. The topological polar surface area (TPSA) is 77.2 Å². The SMILES string of the molecule is COc1ccc(NC(=O)c2scnc2C(C)(C)C)cc1N. The van der Waals surface area contributed by atoms with Gasteiger partial charge in [0.25, 0.3) is 5.91 Å². The highest BCUT2D eigenvalue weighted by atomic mass is 32.1. The quantitative estimate of drug-likeness (QED) is 0.853. The molecule has 0 unspecified atom stereocenters. The van der Waals surface area contributed by atoms with Crippen molar-refractivity contribution in [3.63, 3.8) is 0 Å². The third-order valence-corrected chi connectivity index (χ3v) is 3.80. The smallest absolute Gasteiger partial charge is 0.267 e. The molecule has 2 aromatic rings. The van der Waals surface area contributed by atoms with Crippen molar-refractivity contribution in [1.82, 2.24) is 4.98 Å². The molecular formula is C15H19N3O2S. The van der Waals surface area contributed by atoms with Gasteiger partial charge in [-0.2, -0.15) is 0 Å². The van der Waals surface area contributed by atoms with Crippen LogP contribution in [0.15, 0.2) is 23.7 Å². The second kappa shape index (κ2) is 5.73. The average molecular weight is 305 g/mol. The highest BCUT2D eigenvalue weighted by molar-refractivity contribution is 7.12. The summed E-state index contributed by atoms with van der Waals surface area (Å²) in [5, 5.41) is 2.84. The molecular weight excluding hydrogens is 286 g/mol. The average Bonchev–Trinajstić information content (AvgIpc) is 2.88. The van der Waals surface area contributed by atoms with Crippen LogP contribution in [0.1, 0.15) is 36.1 Å². The Morgan fingerprint density at radius 2 is 2.10 bits per heavy atom. The van der Waals surface area contributed by atoms with Crippen LogP contribution < -0.4 is 15.8 Å². The normalized spacial score (nSPS) is 11.2. The Balaban J connectivity index is 2.23. The highest BCUT2D eigenvalue weighted by Gasteiger charge is 2.25. The van der Waals surface area contributed by atoms with Crippen molar-refractivity contribution in [1.29, 1.82) is 0 Å². The Bertz CT molecular complexity index is 659. The van der Waals surface area contributed by atoms with E-state index in [-0.39, 0.29) is 11.3 Å². The number of amides is 1. The van der Waals surface area contributed by atoms with Gasteiger partial charge in [0.15, 0.2) is 0 Å². The summed E-state index contributed by atoms with van der Waals surface area (Å²) in [5.74, 6) is 0.410. The number of benzene rings is 1. The molecule has 0 atom stereocenters.